The second-order valence-corrected chi connectivity index (χ2v) is 8.46. The van der Waals surface area contributed by atoms with Crippen LogP contribution in [0.2, 0.25) is 0 Å². The highest BCUT2D eigenvalue weighted by molar-refractivity contribution is 5.75. The number of ether oxygens (including phenoxy) is 1. The highest BCUT2D eigenvalue weighted by Crippen LogP contribution is 2.39. The van der Waals surface area contributed by atoms with Crippen molar-refractivity contribution in [1.82, 2.24) is 15.8 Å². The van der Waals surface area contributed by atoms with Gasteiger partial charge in [0, 0.05) is 18.8 Å². The van der Waals surface area contributed by atoms with Gasteiger partial charge in [0.1, 0.15) is 5.75 Å². The van der Waals surface area contributed by atoms with Crippen LogP contribution in [0.4, 0.5) is 0 Å². The predicted octanol–water partition coefficient (Wildman–Crippen LogP) is 4.16. The van der Waals surface area contributed by atoms with E-state index in [-0.39, 0.29) is 24.5 Å². The van der Waals surface area contributed by atoms with Crippen molar-refractivity contribution in [2.24, 2.45) is 0 Å². The molecule has 2 unspecified atom stereocenters. The number of nitrogens with zero attached hydrogens (tertiary/aromatic N) is 1. The maximum Gasteiger partial charge on any atom is 0.341 e. The third-order valence-corrected chi connectivity index (χ3v) is 6.17. The molecule has 0 saturated carbocycles. The Morgan fingerprint density at radius 1 is 1.06 bits per heavy atom. The smallest absolute Gasteiger partial charge is 0.341 e. The number of hydrazine groups is 1. The number of carbonyl (C=O) groups is 2. The summed E-state index contributed by atoms with van der Waals surface area (Å²) in [6, 6.07) is 19.4. The van der Waals surface area contributed by atoms with Gasteiger partial charge in [0.25, 0.3) is 0 Å². The number of rotatable bonds is 10. The summed E-state index contributed by atoms with van der Waals surface area (Å²) in [6.07, 6.45) is 7.46. The second-order valence-electron chi connectivity index (χ2n) is 8.46. The SMILES string of the molecule is O=C(O)COc1cccc2c1CCCC2CCC(=O)NNC(c1ccccc1)c1cccnc1. The van der Waals surface area contributed by atoms with E-state index in [1.165, 1.54) is 0 Å². The molecule has 1 aliphatic rings. The van der Waals surface area contributed by atoms with Crippen LogP contribution in [0.3, 0.4) is 0 Å². The maximum atomic E-state index is 12.7. The lowest BCUT2D eigenvalue weighted by Crippen LogP contribution is -2.40. The molecule has 0 saturated heterocycles. The van der Waals surface area contributed by atoms with Gasteiger partial charge < -0.3 is 9.84 Å². The van der Waals surface area contributed by atoms with Crippen LogP contribution in [0.15, 0.2) is 73.1 Å². The molecule has 0 radical (unpaired) electrons. The summed E-state index contributed by atoms with van der Waals surface area (Å²) in [5.74, 6) is -0.187. The minimum atomic E-state index is -0.991. The Kier molecular flexibility index (Phi) is 7.88. The molecule has 7 heteroatoms. The number of amides is 1. The van der Waals surface area contributed by atoms with E-state index in [1.54, 1.807) is 12.4 Å². The molecule has 3 N–H and O–H groups in total. The first-order valence-corrected chi connectivity index (χ1v) is 11.6. The molecule has 4 rings (SSSR count). The molecule has 34 heavy (non-hydrogen) atoms. The monoisotopic (exact) mass is 459 g/mol. The molecule has 1 aliphatic carbocycles. The first kappa shape index (κ1) is 23.4. The van der Waals surface area contributed by atoms with Crippen molar-refractivity contribution in [3.8, 4) is 5.75 Å². The van der Waals surface area contributed by atoms with Gasteiger partial charge in [-0.25, -0.2) is 10.2 Å². The molecule has 2 atom stereocenters. The number of hydrogen-bond acceptors (Lipinski definition) is 5. The molecule has 0 fully saturated rings. The van der Waals surface area contributed by atoms with Crippen molar-refractivity contribution in [2.75, 3.05) is 6.61 Å². The molecule has 3 aromatic rings. The van der Waals surface area contributed by atoms with E-state index in [0.717, 1.165) is 41.5 Å². The van der Waals surface area contributed by atoms with Crippen molar-refractivity contribution in [1.29, 1.82) is 0 Å². The summed E-state index contributed by atoms with van der Waals surface area (Å²) in [7, 11) is 0. The van der Waals surface area contributed by atoms with Crippen LogP contribution in [-0.4, -0.2) is 28.6 Å². The first-order chi connectivity index (χ1) is 16.6. The van der Waals surface area contributed by atoms with Gasteiger partial charge in [-0.3, -0.25) is 15.2 Å². The molecule has 7 nitrogen and oxygen atoms in total. The van der Waals surface area contributed by atoms with E-state index in [0.29, 0.717) is 18.6 Å². The molecule has 2 aromatic carbocycles. The van der Waals surface area contributed by atoms with E-state index in [2.05, 4.69) is 21.9 Å². The molecule has 1 amide bonds. The second kappa shape index (κ2) is 11.4. The fourth-order valence-electron chi connectivity index (χ4n) is 4.56. The van der Waals surface area contributed by atoms with Gasteiger partial charge >= 0.3 is 5.97 Å². The Bertz CT molecular complexity index is 1070. The minimum absolute atomic E-state index is 0.0739. The number of fused-ring (bicyclic) bond motifs is 1. The summed E-state index contributed by atoms with van der Waals surface area (Å²) in [4.78, 5) is 27.8. The average Bonchev–Trinajstić information content (AvgIpc) is 2.87. The number of nitrogens with one attached hydrogen (secondary N) is 2. The van der Waals surface area contributed by atoms with Gasteiger partial charge in [0.2, 0.25) is 5.91 Å². The van der Waals surface area contributed by atoms with E-state index in [9.17, 15) is 9.59 Å². The number of carboxylic acids is 1. The van der Waals surface area contributed by atoms with Crippen molar-refractivity contribution >= 4 is 11.9 Å². The van der Waals surface area contributed by atoms with Gasteiger partial charge in [0.15, 0.2) is 6.61 Å². The number of aromatic nitrogens is 1. The summed E-state index contributed by atoms with van der Waals surface area (Å²) in [5, 5.41) is 8.93. The number of carboxylic acid groups (broad SMARTS) is 1. The van der Waals surface area contributed by atoms with Gasteiger partial charge in [-0.2, -0.15) is 0 Å². The molecular weight excluding hydrogens is 430 g/mol. The molecule has 0 aliphatic heterocycles. The fraction of sp³-hybridized carbons (Fsp3) is 0.296. The molecular formula is C27H29N3O4. The van der Waals surface area contributed by atoms with Gasteiger partial charge in [-0.05, 0) is 66.0 Å². The van der Waals surface area contributed by atoms with E-state index >= 15 is 0 Å². The topological polar surface area (TPSA) is 101 Å². The Hall–Kier alpha value is -3.71. The highest BCUT2D eigenvalue weighted by atomic mass is 16.5. The lowest BCUT2D eigenvalue weighted by atomic mass is 9.80. The number of benzene rings is 2. The number of pyridine rings is 1. The van der Waals surface area contributed by atoms with Crippen molar-refractivity contribution in [2.45, 2.75) is 44.1 Å². The van der Waals surface area contributed by atoms with Gasteiger partial charge in [-0.15, -0.1) is 0 Å². The molecule has 0 bridgehead atoms. The van der Waals surface area contributed by atoms with Crippen molar-refractivity contribution in [3.63, 3.8) is 0 Å². The first-order valence-electron chi connectivity index (χ1n) is 11.6. The number of carbonyl (C=O) groups excluding carboxylic acids is 1. The predicted molar refractivity (Wildman–Crippen MR) is 128 cm³/mol. The summed E-state index contributed by atoms with van der Waals surface area (Å²) in [6.45, 7) is -0.352. The zero-order chi connectivity index (χ0) is 23.8. The highest BCUT2D eigenvalue weighted by Gasteiger charge is 2.24. The van der Waals surface area contributed by atoms with Crippen LogP contribution in [0.5, 0.6) is 5.75 Å². The molecule has 1 heterocycles. The van der Waals surface area contributed by atoms with Crippen LogP contribution >= 0.6 is 0 Å². The molecule has 176 valence electrons. The van der Waals surface area contributed by atoms with Crippen LogP contribution in [-0.2, 0) is 16.0 Å². The van der Waals surface area contributed by atoms with Crippen molar-refractivity contribution in [3.05, 3.63) is 95.3 Å². The number of aliphatic carboxylic acids is 1. The lowest BCUT2D eigenvalue weighted by molar-refractivity contribution is -0.139. The van der Waals surface area contributed by atoms with Crippen LogP contribution in [0.25, 0.3) is 0 Å². The Morgan fingerprint density at radius 3 is 2.65 bits per heavy atom. The third-order valence-electron chi connectivity index (χ3n) is 6.17. The lowest BCUT2D eigenvalue weighted by Gasteiger charge is -2.27. The summed E-state index contributed by atoms with van der Waals surface area (Å²) < 4.78 is 5.49. The number of hydrogen-bond donors (Lipinski definition) is 3. The normalized spacial score (nSPS) is 15.7. The van der Waals surface area contributed by atoms with Gasteiger partial charge in [0.05, 0.1) is 6.04 Å². The van der Waals surface area contributed by atoms with Crippen molar-refractivity contribution < 1.29 is 19.4 Å². The van der Waals surface area contributed by atoms with E-state index in [1.807, 2.05) is 54.6 Å². The van der Waals surface area contributed by atoms with Crippen LogP contribution in [0.1, 0.15) is 59.9 Å². The maximum absolute atomic E-state index is 12.7. The van der Waals surface area contributed by atoms with Gasteiger partial charge in [-0.1, -0.05) is 48.5 Å². The zero-order valence-electron chi connectivity index (χ0n) is 18.9. The average molecular weight is 460 g/mol. The molecule has 0 spiro atoms. The largest absolute Gasteiger partial charge is 0.482 e. The van der Waals surface area contributed by atoms with Crippen LogP contribution < -0.4 is 15.6 Å². The summed E-state index contributed by atoms with van der Waals surface area (Å²) in [5.41, 5.74) is 10.3. The zero-order valence-corrected chi connectivity index (χ0v) is 18.9. The van der Waals surface area contributed by atoms with E-state index in [4.69, 9.17) is 9.84 Å². The Morgan fingerprint density at radius 2 is 1.88 bits per heavy atom. The Balaban J connectivity index is 1.37. The quantitative estimate of drug-likeness (QED) is 0.394. The Labute approximate surface area is 199 Å². The summed E-state index contributed by atoms with van der Waals surface area (Å²) >= 11 is 0. The van der Waals surface area contributed by atoms with Crippen LogP contribution in [0, 0.1) is 0 Å². The third kappa shape index (κ3) is 5.99. The minimum Gasteiger partial charge on any atom is -0.482 e. The van der Waals surface area contributed by atoms with E-state index < -0.39 is 5.97 Å². The fourth-order valence-corrected chi connectivity index (χ4v) is 4.56. The standard InChI is InChI=1S/C27H29N3O4/c31-25(29-30-27(20-7-2-1-3-8-20)21-10-6-16-28-17-21)15-14-19-9-4-12-23-22(19)11-5-13-24(23)34-18-26(32)33/h1-3,5-8,10-11,13,16-17,19,27,30H,4,9,12,14-15,18H2,(H,29,31)(H,32,33). The molecule has 1 aromatic heterocycles.